The molecular weight excluding hydrogens is 318 g/mol. The molecule has 0 saturated heterocycles. The van der Waals surface area contributed by atoms with Crippen molar-refractivity contribution in [1.82, 2.24) is 14.8 Å². The minimum Gasteiger partial charge on any atom is -0.494 e. The van der Waals surface area contributed by atoms with Gasteiger partial charge in [0.2, 0.25) is 0 Å². The van der Waals surface area contributed by atoms with Gasteiger partial charge in [0.25, 0.3) is 0 Å². The minimum absolute atomic E-state index is 0.508. The summed E-state index contributed by atoms with van der Waals surface area (Å²) in [6, 6.07) is 3.97. The van der Waals surface area contributed by atoms with Crippen LogP contribution in [0.5, 0.6) is 5.75 Å². The van der Waals surface area contributed by atoms with E-state index in [2.05, 4.69) is 12.0 Å². The molecule has 3 heterocycles. The summed E-state index contributed by atoms with van der Waals surface area (Å²) >= 11 is 7.71. The lowest BCUT2D eigenvalue weighted by Crippen LogP contribution is -2.02. The van der Waals surface area contributed by atoms with E-state index < -0.39 is 0 Å². The Labute approximate surface area is 137 Å². The zero-order valence-corrected chi connectivity index (χ0v) is 14.0. The normalized spacial score (nSPS) is 14.7. The molecule has 1 aliphatic carbocycles. The Morgan fingerprint density at radius 2 is 2.23 bits per heavy atom. The molecule has 3 aromatic heterocycles. The van der Waals surface area contributed by atoms with E-state index in [0.717, 1.165) is 43.8 Å². The Morgan fingerprint density at radius 3 is 2.82 bits per heavy atom. The molecule has 0 atom stereocenters. The number of aromatic nitrogens is 3. The third-order valence-corrected chi connectivity index (χ3v) is 5.30. The first-order valence-electron chi connectivity index (χ1n) is 7.42. The zero-order chi connectivity index (χ0) is 15.3. The van der Waals surface area contributed by atoms with Gasteiger partial charge in [-0.2, -0.15) is 5.10 Å². The summed E-state index contributed by atoms with van der Waals surface area (Å²) in [7, 11) is 1.72. The van der Waals surface area contributed by atoms with E-state index in [1.54, 1.807) is 18.4 Å². The lowest BCUT2D eigenvalue weighted by atomic mass is 10.1. The van der Waals surface area contributed by atoms with Gasteiger partial charge in [-0.05, 0) is 31.9 Å². The van der Waals surface area contributed by atoms with Gasteiger partial charge in [0.1, 0.15) is 5.75 Å². The van der Waals surface area contributed by atoms with Crippen LogP contribution in [0.15, 0.2) is 18.3 Å². The second-order valence-electron chi connectivity index (χ2n) is 5.48. The molecule has 0 N–H and O–H groups in total. The van der Waals surface area contributed by atoms with Crippen LogP contribution in [0.4, 0.5) is 0 Å². The standard InChI is InChI=1S/C16H16ClN3OS/c1-3-20-16-10(8-18-20)13(11-6-7-12(17)22-11)15(21-2)14(19-16)9-4-5-9/h6-9H,3-5H2,1-2H3. The van der Waals surface area contributed by atoms with E-state index in [9.17, 15) is 0 Å². The first kappa shape index (κ1) is 14.0. The molecule has 3 aromatic rings. The van der Waals surface area contributed by atoms with Crippen LogP contribution in [-0.4, -0.2) is 21.9 Å². The molecular formula is C16H16ClN3OS. The van der Waals surface area contributed by atoms with Crippen LogP contribution in [0.1, 0.15) is 31.4 Å². The number of fused-ring (bicyclic) bond motifs is 1. The highest BCUT2D eigenvalue weighted by Gasteiger charge is 2.32. The largest absolute Gasteiger partial charge is 0.494 e. The molecule has 0 aliphatic heterocycles. The minimum atomic E-state index is 0.508. The Bertz CT molecular complexity index is 851. The van der Waals surface area contributed by atoms with Gasteiger partial charge < -0.3 is 4.74 Å². The van der Waals surface area contributed by atoms with Gasteiger partial charge in [-0.1, -0.05) is 11.6 Å². The lowest BCUT2D eigenvalue weighted by molar-refractivity contribution is 0.409. The van der Waals surface area contributed by atoms with Gasteiger partial charge in [-0.25, -0.2) is 9.67 Å². The summed E-state index contributed by atoms with van der Waals surface area (Å²) in [5.74, 6) is 1.39. The maximum absolute atomic E-state index is 6.15. The number of methoxy groups -OCH3 is 1. The maximum atomic E-state index is 6.15. The van der Waals surface area contributed by atoms with Crippen molar-refractivity contribution in [2.45, 2.75) is 32.2 Å². The Hall–Kier alpha value is -1.59. The monoisotopic (exact) mass is 333 g/mol. The molecule has 22 heavy (non-hydrogen) atoms. The number of ether oxygens (including phenoxy) is 1. The number of halogens is 1. The summed E-state index contributed by atoms with van der Waals surface area (Å²) < 4.78 is 8.48. The Morgan fingerprint density at radius 1 is 1.41 bits per heavy atom. The molecule has 0 unspecified atom stereocenters. The number of hydrogen-bond donors (Lipinski definition) is 0. The van der Waals surface area contributed by atoms with Crippen LogP contribution in [0.3, 0.4) is 0 Å². The summed E-state index contributed by atoms with van der Waals surface area (Å²) in [6.45, 7) is 2.88. The Balaban J connectivity index is 2.08. The van der Waals surface area contributed by atoms with E-state index in [1.165, 1.54) is 12.8 Å². The smallest absolute Gasteiger partial charge is 0.158 e. The topological polar surface area (TPSA) is 39.9 Å². The highest BCUT2D eigenvalue weighted by atomic mass is 35.5. The zero-order valence-electron chi connectivity index (χ0n) is 12.5. The first-order chi connectivity index (χ1) is 10.7. The third kappa shape index (κ3) is 2.11. The van der Waals surface area contributed by atoms with E-state index in [0.29, 0.717) is 5.92 Å². The number of rotatable bonds is 4. The quantitative estimate of drug-likeness (QED) is 0.693. The number of aryl methyl sites for hydroxylation is 1. The molecule has 4 nitrogen and oxygen atoms in total. The molecule has 1 saturated carbocycles. The van der Waals surface area contributed by atoms with Crippen LogP contribution in [0.25, 0.3) is 21.5 Å². The van der Waals surface area contributed by atoms with Crippen molar-refractivity contribution in [1.29, 1.82) is 0 Å². The molecule has 1 aliphatic rings. The maximum Gasteiger partial charge on any atom is 0.158 e. The van der Waals surface area contributed by atoms with E-state index in [4.69, 9.17) is 21.3 Å². The predicted molar refractivity (Wildman–Crippen MR) is 90.1 cm³/mol. The third-order valence-electron chi connectivity index (χ3n) is 4.05. The fraction of sp³-hybridized carbons (Fsp3) is 0.375. The molecule has 0 amide bonds. The van der Waals surface area contributed by atoms with Crippen molar-refractivity contribution >= 4 is 34.0 Å². The Kier molecular flexibility index (Phi) is 3.35. The fourth-order valence-corrected chi connectivity index (χ4v) is 3.95. The molecule has 0 spiro atoms. The van der Waals surface area contributed by atoms with Crippen LogP contribution in [0.2, 0.25) is 4.34 Å². The number of hydrogen-bond acceptors (Lipinski definition) is 4. The van der Waals surface area contributed by atoms with E-state index >= 15 is 0 Å². The van der Waals surface area contributed by atoms with Crippen molar-refractivity contribution < 1.29 is 4.74 Å². The van der Waals surface area contributed by atoms with Crippen molar-refractivity contribution in [3.63, 3.8) is 0 Å². The number of nitrogens with zero attached hydrogens (tertiary/aromatic N) is 3. The van der Waals surface area contributed by atoms with Gasteiger partial charge in [0, 0.05) is 22.9 Å². The lowest BCUT2D eigenvalue weighted by Gasteiger charge is -2.13. The van der Waals surface area contributed by atoms with Gasteiger partial charge in [-0.3, -0.25) is 0 Å². The fourth-order valence-electron chi connectivity index (χ4n) is 2.85. The SMILES string of the molecule is CCn1ncc2c(-c3ccc(Cl)s3)c(OC)c(C3CC3)nc21. The molecule has 0 bridgehead atoms. The second kappa shape index (κ2) is 5.25. The highest BCUT2D eigenvalue weighted by Crippen LogP contribution is 2.49. The highest BCUT2D eigenvalue weighted by molar-refractivity contribution is 7.19. The van der Waals surface area contributed by atoms with Crippen LogP contribution >= 0.6 is 22.9 Å². The average molecular weight is 334 g/mol. The number of pyridine rings is 1. The first-order valence-corrected chi connectivity index (χ1v) is 8.61. The molecule has 114 valence electrons. The second-order valence-corrected chi connectivity index (χ2v) is 7.20. The van der Waals surface area contributed by atoms with E-state index in [-0.39, 0.29) is 0 Å². The van der Waals surface area contributed by atoms with E-state index in [1.807, 2.05) is 23.0 Å². The van der Waals surface area contributed by atoms with Gasteiger partial charge in [0.15, 0.2) is 5.65 Å². The molecule has 4 rings (SSSR count). The predicted octanol–water partition coefficient (Wildman–Crippen LogP) is 4.72. The molecule has 6 heteroatoms. The van der Waals surface area contributed by atoms with Crippen LogP contribution in [0, 0.1) is 0 Å². The number of thiophene rings is 1. The summed E-state index contributed by atoms with van der Waals surface area (Å²) in [6.07, 6.45) is 4.24. The molecule has 0 aromatic carbocycles. The van der Waals surface area contributed by atoms with Crippen LogP contribution in [-0.2, 0) is 6.54 Å². The molecule has 0 radical (unpaired) electrons. The van der Waals surface area contributed by atoms with Gasteiger partial charge >= 0.3 is 0 Å². The van der Waals surface area contributed by atoms with Crippen LogP contribution < -0.4 is 4.74 Å². The van der Waals surface area contributed by atoms with Crippen molar-refractivity contribution in [2.24, 2.45) is 0 Å². The van der Waals surface area contributed by atoms with Gasteiger partial charge in [-0.15, -0.1) is 11.3 Å². The summed E-state index contributed by atoms with van der Waals surface area (Å²) in [4.78, 5) is 5.98. The molecule has 1 fully saturated rings. The van der Waals surface area contributed by atoms with Gasteiger partial charge in [0.05, 0.1) is 28.7 Å². The summed E-state index contributed by atoms with van der Waals surface area (Å²) in [5.41, 5.74) is 3.07. The van der Waals surface area contributed by atoms with Crippen molar-refractivity contribution in [3.05, 3.63) is 28.4 Å². The summed E-state index contributed by atoms with van der Waals surface area (Å²) in [5, 5.41) is 5.50. The average Bonchev–Trinajstić information content (AvgIpc) is 3.16. The van der Waals surface area contributed by atoms with Crippen molar-refractivity contribution in [3.8, 4) is 16.2 Å². The van der Waals surface area contributed by atoms with Crippen molar-refractivity contribution in [2.75, 3.05) is 7.11 Å².